The van der Waals surface area contributed by atoms with E-state index in [1.807, 2.05) is 6.07 Å². The second kappa shape index (κ2) is 6.98. The Kier molecular flexibility index (Phi) is 4.96. The van der Waals surface area contributed by atoms with Gasteiger partial charge >= 0.3 is 6.03 Å². The molecular formula is C16H23N3O4S. The molecule has 0 saturated carbocycles. The van der Waals surface area contributed by atoms with Gasteiger partial charge in [-0.25, -0.2) is 13.2 Å². The molecule has 0 bridgehead atoms. The highest BCUT2D eigenvalue weighted by atomic mass is 32.2. The molecule has 2 aliphatic rings. The van der Waals surface area contributed by atoms with Crippen molar-refractivity contribution in [2.24, 2.45) is 0 Å². The van der Waals surface area contributed by atoms with Crippen LogP contribution in [0.15, 0.2) is 18.2 Å². The van der Waals surface area contributed by atoms with Crippen molar-refractivity contribution in [2.75, 3.05) is 35.6 Å². The second-order valence-corrected chi connectivity index (χ2v) is 8.17. The van der Waals surface area contributed by atoms with Gasteiger partial charge in [0.15, 0.2) is 0 Å². The van der Waals surface area contributed by atoms with Gasteiger partial charge in [0, 0.05) is 31.5 Å². The Bertz CT molecular complexity index is 714. The Morgan fingerprint density at radius 2 is 2.04 bits per heavy atom. The maximum absolute atomic E-state index is 12.1. The zero-order valence-electron chi connectivity index (χ0n) is 13.7. The summed E-state index contributed by atoms with van der Waals surface area (Å²) < 4.78 is 30.4. The van der Waals surface area contributed by atoms with Gasteiger partial charge in [0.25, 0.3) is 0 Å². The van der Waals surface area contributed by atoms with Crippen LogP contribution in [0.2, 0.25) is 0 Å². The third-order valence-corrected chi connectivity index (χ3v) is 5.55. The number of rotatable bonds is 3. The average Bonchev–Trinajstić information content (AvgIpc) is 2.54. The number of hydrogen-bond donors (Lipinski definition) is 2. The van der Waals surface area contributed by atoms with Gasteiger partial charge in [-0.05, 0) is 49.4 Å². The quantitative estimate of drug-likeness (QED) is 0.866. The summed E-state index contributed by atoms with van der Waals surface area (Å²) in [6, 6.07) is 5.26. The number of carbonyl (C=O) groups is 1. The first-order valence-electron chi connectivity index (χ1n) is 8.19. The minimum atomic E-state index is -3.27. The number of sulfonamides is 1. The van der Waals surface area contributed by atoms with Gasteiger partial charge in [-0.3, -0.25) is 4.31 Å². The summed E-state index contributed by atoms with van der Waals surface area (Å²) in [7, 11) is -3.27. The number of nitrogens with zero attached hydrogens (tertiary/aromatic N) is 1. The highest BCUT2D eigenvalue weighted by Crippen LogP contribution is 2.31. The number of fused-ring (bicyclic) bond motifs is 1. The summed E-state index contributed by atoms with van der Waals surface area (Å²) in [5.74, 6) is 0. The van der Waals surface area contributed by atoms with Crippen LogP contribution in [0.1, 0.15) is 24.8 Å². The van der Waals surface area contributed by atoms with Crippen molar-refractivity contribution in [1.82, 2.24) is 5.32 Å². The molecule has 1 aromatic rings. The predicted octanol–water partition coefficient (Wildman–Crippen LogP) is 1.70. The lowest BCUT2D eigenvalue weighted by atomic mass is 10.0. The lowest BCUT2D eigenvalue weighted by Gasteiger charge is -2.29. The summed E-state index contributed by atoms with van der Waals surface area (Å²) in [5, 5.41) is 5.78. The molecule has 0 aromatic heterocycles. The van der Waals surface area contributed by atoms with E-state index in [1.54, 1.807) is 12.1 Å². The van der Waals surface area contributed by atoms with E-state index >= 15 is 0 Å². The van der Waals surface area contributed by atoms with Gasteiger partial charge in [-0.15, -0.1) is 0 Å². The number of anilines is 2. The van der Waals surface area contributed by atoms with Crippen LogP contribution in [0.4, 0.5) is 16.2 Å². The summed E-state index contributed by atoms with van der Waals surface area (Å²) in [6.07, 6.45) is 4.44. The third kappa shape index (κ3) is 3.99. The van der Waals surface area contributed by atoms with Crippen molar-refractivity contribution >= 4 is 27.4 Å². The third-order valence-electron chi connectivity index (χ3n) is 4.37. The molecule has 1 aromatic carbocycles. The fourth-order valence-corrected chi connectivity index (χ4v) is 4.18. The molecule has 2 aliphatic heterocycles. The van der Waals surface area contributed by atoms with Crippen LogP contribution in [-0.4, -0.2) is 46.5 Å². The van der Waals surface area contributed by atoms with Crippen LogP contribution in [0.25, 0.3) is 0 Å². The molecule has 3 rings (SSSR count). The van der Waals surface area contributed by atoms with E-state index in [2.05, 4.69) is 10.6 Å². The molecule has 7 nitrogen and oxygen atoms in total. The molecule has 8 heteroatoms. The normalized spacial score (nSPS) is 18.8. The molecule has 24 heavy (non-hydrogen) atoms. The Balaban J connectivity index is 1.68. The predicted molar refractivity (Wildman–Crippen MR) is 92.9 cm³/mol. The van der Waals surface area contributed by atoms with Gasteiger partial charge in [0.1, 0.15) is 0 Å². The first kappa shape index (κ1) is 17.0. The van der Waals surface area contributed by atoms with Crippen LogP contribution in [0.3, 0.4) is 0 Å². The van der Waals surface area contributed by atoms with Crippen molar-refractivity contribution in [2.45, 2.75) is 31.7 Å². The second-order valence-electron chi connectivity index (χ2n) is 6.27. The van der Waals surface area contributed by atoms with Gasteiger partial charge in [-0.1, -0.05) is 0 Å². The zero-order chi connectivity index (χ0) is 17.2. The van der Waals surface area contributed by atoms with E-state index in [1.165, 1.54) is 10.6 Å². The fraction of sp³-hybridized carbons (Fsp3) is 0.562. The molecule has 0 atom stereocenters. The van der Waals surface area contributed by atoms with Crippen LogP contribution >= 0.6 is 0 Å². The SMILES string of the molecule is CS(=O)(=O)N1CCCc2cc(NC(=O)NC3CCOCC3)ccc21. The van der Waals surface area contributed by atoms with Crippen molar-refractivity contribution in [3.05, 3.63) is 23.8 Å². The lowest BCUT2D eigenvalue weighted by Crippen LogP contribution is -2.41. The van der Waals surface area contributed by atoms with Crippen LogP contribution in [-0.2, 0) is 21.2 Å². The van der Waals surface area contributed by atoms with E-state index in [-0.39, 0.29) is 12.1 Å². The van der Waals surface area contributed by atoms with Crippen LogP contribution < -0.4 is 14.9 Å². The maximum atomic E-state index is 12.1. The lowest BCUT2D eigenvalue weighted by molar-refractivity contribution is 0.0806. The molecule has 2 heterocycles. The zero-order valence-corrected chi connectivity index (χ0v) is 14.6. The molecule has 2 N–H and O–H groups in total. The first-order chi connectivity index (χ1) is 11.4. The van der Waals surface area contributed by atoms with E-state index < -0.39 is 10.0 Å². The summed E-state index contributed by atoms with van der Waals surface area (Å²) in [6.45, 7) is 1.85. The van der Waals surface area contributed by atoms with Gasteiger partial charge in [0.2, 0.25) is 10.0 Å². The monoisotopic (exact) mass is 353 g/mol. The minimum absolute atomic E-state index is 0.136. The van der Waals surface area contributed by atoms with Gasteiger partial charge in [-0.2, -0.15) is 0 Å². The van der Waals surface area contributed by atoms with Crippen molar-refractivity contribution in [3.8, 4) is 0 Å². The molecule has 0 spiro atoms. The number of urea groups is 1. The van der Waals surface area contributed by atoms with E-state index in [9.17, 15) is 13.2 Å². The number of nitrogens with one attached hydrogen (secondary N) is 2. The number of hydrogen-bond acceptors (Lipinski definition) is 4. The average molecular weight is 353 g/mol. The van der Waals surface area contributed by atoms with Gasteiger partial charge < -0.3 is 15.4 Å². The van der Waals surface area contributed by atoms with Crippen molar-refractivity contribution in [1.29, 1.82) is 0 Å². The highest BCUT2D eigenvalue weighted by Gasteiger charge is 2.24. The number of benzene rings is 1. The largest absolute Gasteiger partial charge is 0.381 e. The molecule has 0 radical (unpaired) electrons. The maximum Gasteiger partial charge on any atom is 0.319 e. The first-order valence-corrected chi connectivity index (χ1v) is 10.0. The Hall–Kier alpha value is -1.80. The van der Waals surface area contributed by atoms with Crippen molar-refractivity contribution < 1.29 is 17.9 Å². The van der Waals surface area contributed by atoms with Gasteiger partial charge in [0.05, 0.1) is 11.9 Å². The van der Waals surface area contributed by atoms with Crippen LogP contribution in [0, 0.1) is 0 Å². The van der Waals surface area contributed by atoms with E-state index in [0.717, 1.165) is 31.2 Å². The Labute approximate surface area is 142 Å². The minimum Gasteiger partial charge on any atom is -0.381 e. The van der Waals surface area contributed by atoms with E-state index in [0.29, 0.717) is 31.1 Å². The Morgan fingerprint density at radius 1 is 1.29 bits per heavy atom. The summed E-state index contributed by atoms with van der Waals surface area (Å²) in [4.78, 5) is 12.1. The smallest absolute Gasteiger partial charge is 0.319 e. The summed E-state index contributed by atoms with van der Waals surface area (Å²) in [5.41, 5.74) is 2.32. The molecular weight excluding hydrogens is 330 g/mol. The topological polar surface area (TPSA) is 87.7 Å². The fourth-order valence-electron chi connectivity index (χ4n) is 3.18. The molecule has 0 unspecified atom stereocenters. The summed E-state index contributed by atoms with van der Waals surface area (Å²) >= 11 is 0. The van der Waals surface area contributed by atoms with Crippen LogP contribution in [0.5, 0.6) is 0 Å². The van der Waals surface area contributed by atoms with Crippen molar-refractivity contribution in [3.63, 3.8) is 0 Å². The molecule has 2 amide bonds. The number of ether oxygens (including phenoxy) is 1. The highest BCUT2D eigenvalue weighted by molar-refractivity contribution is 7.92. The standard InChI is InChI=1S/C16H23N3O4S/c1-24(21,22)19-8-2-3-12-11-14(4-5-15(12)19)18-16(20)17-13-6-9-23-10-7-13/h4-5,11,13H,2-3,6-10H2,1H3,(H2,17,18,20). The number of amides is 2. The molecule has 0 aliphatic carbocycles. The molecule has 132 valence electrons. The van der Waals surface area contributed by atoms with E-state index in [4.69, 9.17) is 4.74 Å². The number of aryl methyl sites for hydroxylation is 1. The Morgan fingerprint density at radius 3 is 2.75 bits per heavy atom. The number of carbonyl (C=O) groups excluding carboxylic acids is 1. The molecule has 1 fully saturated rings. The molecule has 1 saturated heterocycles.